The van der Waals surface area contributed by atoms with Crippen LogP contribution in [0.2, 0.25) is 0 Å². The van der Waals surface area contributed by atoms with Crippen molar-refractivity contribution < 1.29 is 39.9 Å². The monoisotopic (exact) mass is 578 g/mol. The summed E-state index contributed by atoms with van der Waals surface area (Å²) in [6, 6.07) is 12.4. The highest BCUT2D eigenvalue weighted by Gasteiger charge is 2.23. The second-order valence-electron chi connectivity index (χ2n) is 8.63. The van der Waals surface area contributed by atoms with Gasteiger partial charge >= 0.3 is 11.4 Å². The van der Waals surface area contributed by atoms with Gasteiger partial charge in [0.15, 0.2) is 17.3 Å². The molecule has 0 fully saturated rings. The van der Waals surface area contributed by atoms with E-state index in [1.165, 1.54) is 4.90 Å². The lowest BCUT2D eigenvalue weighted by atomic mass is 10.0. The number of nitro groups is 2. The molecule has 0 saturated heterocycles. The smallest absolute Gasteiger partial charge is 0.315 e. The molecule has 0 saturated carbocycles. The summed E-state index contributed by atoms with van der Waals surface area (Å²) in [7, 11) is 0. The van der Waals surface area contributed by atoms with Crippen molar-refractivity contribution in [3.63, 3.8) is 0 Å². The molecule has 0 aliphatic heterocycles. The largest absolute Gasteiger partial charge is 0.504 e. The van der Waals surface area contributed by atoms with Crippen molar-refractivity contribution in [2.45, 2.75) is 20.8 Å². The van der Waals surface area contributed by atoms with Crippen molar-refractivity contribution in [3.8, 4) is 29.1 Å². The van der Waals surface area contributed by atoms with E-state index >= 15 is 0 Å². The predicted molar refractivity (Wildman–Crippen MR) is 149 cm³/mol. The van der Waals surface area contributed by atoms with Crippen LogP contribution in [0.1, 0.15) is 40.9 Å². The van der Waals surface area contributed by atoms with Crippen molar-refractivity contribution in [3.05, 3.63) is 96.6 Å². The number of nitrogens with zero attached hydrogens (tertiary/aromatic N) is 4. The molecule has 1 amide bonds. The number of aromatic hydroxyl groups is 4. The molecule has 0 atom stereocenters. The standard InChI is InChI=1S/C14H15N3O5.C14H11NO5/c1-3-16(4-2)14(20)10(8-15)5-9-6-11(17(21)22)13(19)12(18)7-9;1-8-2-4-9(5-3-8)13(17)10-6-11(15(19)20)14(18)12(16)7-10/h5-7,18-19H,3-4H2,1-2H3;2-7,16,18H,1H3/b10-5+;. The molecule has 14 nitrogen and oxygen atoms in total. The third-order valence-corrected chi connectivity index (χ3v) is 5.84. The van der Waals surface area contributed by atoms with Gasteiger partial charge in [-0.3, -0.25) is 29.8 Å². The first-order valence-corrected chi connectivity index (χ1v) is 12.2. The lowest BCUT2D eigenvalue weighted by Gasteiger charge is -2.17. The van der Waals surface area contributed by atoms with Gasteiger partial charge in [-0.15, -0.1) is 0 Å². The predicted octanol–water partition coefficient (Wildman–Crippen LogP) is 4.33. The average molecular weight is 579 g/mol. The van der Waals surface area contributed by atoms with Crippen molar-refractivity contribution in [2.75, 3.05) is 13.1 Å². The van der Waals surface area contributed by atoms with E-state index in [1.807, 2.05) is 6.92 Å². The van der Waals surface area contributed by atoms with Crippen LogP contribution in [-0.2, 0) is 4.79 Å². The highest BCUT2D eigenvalue weighted by Crippen LogP contribution is 2.37. The molecule has 0 aliphatic rings. The molecule has 4 N–H and O–H groups in total. The minimum absolute atomic E-state index is 0.0594. The van der Waals surface area contributed by atoms with E-state index in [9.17, 15) is 50.2 Å². The van der Waals surface area contributed by atoms with Gasteiger partial charge in [-0.2, -0.15) is 5.26 Å². The zero-order valence-corrected chi connectivity index (χ0v) is 22.6. The van der Waals surface area contributed by atoms with Crippen LogP contribution in [0, 0.1) is 38.5 Å². The number of amides is 1. The minimum Gasteiger partial charge on any atom is -0.504 e. The number of hydrogen-bond donors (Lipinski definition) is 4. The topological polar surface area (TPSA) is 228 Å². The van der Waals surface area contributed by atoms with Crippen LogP contribution in [0.25, 0.3) is 6.08 Å². The number of aryl methyl sites for hydroxylation is 1. The fourth-order valence-electron chi connectivity index (χ4n) is 3.58. The van der Waals surface area contributed by atoms with E-state index in [4.69, 9.17) is 5.26 Å². The Hall–Kier alpha value is -5.97. The number of ketones is 1. The van der Waals surface area contributed by atoms with Crippen LogP contribution in [0.15, 0.2) is 54.1 Å². The van der Waals surface area contributed by atoms with E-state index in [0.717, 1.165) is 35.9 Å². The van der Waals surface area contributed by atoms with Gasteiger partial charge in [-0.25, -0.2) is 0 Å². The number of phenolic OH excluding ortho intramolecular Hbond substituents is 4. The normalized spacial score (nSPS) is 10.6. The summed E-state index contributed by atoms with van der Waals surface area (Å²) in [5.74, 6) is -4.10. The number of nitro benzene ring substituents is 2. The summed E-state index contributed by atoms with van der Waals surface area (Å²) in [5, 5.41) is 68.4. The van der Waals surface area contributed by atoms with Gasteiger partial charge in [0.25, 0.3) is 5.91 Å². The number of phenols is 4. The molecule has 42 heavy (non-hydrogen) atoms. The van der Waals surface area contributed by atoms with Crippen LogP contribution in [0.3, 0.4) is 0 Å². The molecule has 0 bridgehead atoms. The molecular formula is C28H26N4O10. The van der Waals surface area contributed by atoms with Crippen LogP contribution in [-0.4, -0.2) is 60.0 Å². The molecule has 0 unspecified atom stereocenters. The Morgan fingerprint density at radius 1 is 0.857 bits per heavy atom. The van der Waals surface area contributed by atoms with Crippen molar-refractivity contribution in [1.82, 2.24) is 4.90 Å². The summed E-state index contributed by atoms with van der Waals surface area (Å²) >= 11 is 0. The zero-order chi connectivity index (χ0) is 31.7. The zero-order valence-electron chi connectivity index (χ0n) is 22.6. The summed E-state index contributed by atoms with van der Waals surface area (Å²) in [6.07, 6.45) is 1.13. The SMILES string of the molecule is CCN(CC)C(=O)/C(C#N)=C/c1cc(O)c(O)c([N+](=O)[O-])c1.Cc1ccc(C(=O)c2cc(O)c(O)c([N+](=O)[O-])c2)cc1. The van der Waals surface area contributed by atoms with E-state index in [1.54, 1.807) is 44.2 Å². The number of carbonyl (C=O) groups is 2. The Labute approximate surface area is 238 Å². The molecule has 0 aliphatic carbocycles. The Balaban J connectivity index is 0.000000294. The fraction of sp³-hybridized carbons (Fsp3) is 0.179. The average Bonchev–Trinajstić information content (AvgIpc) is 2.95. The van der Waals surface area contributed by atoms with E-state index in [2.05, 4.69) is 0 Å². The molecule has 0 aromatic heterocycles. The maximum atomic E-state index is 12.2. The number of rotatable bonds is 8. The van der Waals surface area contributed by atoms with Crippen LogP contribution in [0.5, 0.6) is 23.0 Å². The first kappa shape index (κ1) is 32.2. The lowest BCUT2D eigenvalue weighted by Crippen LogP contribution is -2.31. The van der Waals surface area contributed by atoms with Gasteiger partial charge in [0.05, 0.1) is 9.85 Å². The first-order valence-electron chi connectivity index (χ1n) is 12.2. The maximum absolute atomic E-state index is 12.2. The number of hydrogen-bond acceptors (Lipinski definition) is 11. The molecule has 0 spiro atoms. The van der Waals surface area contributed by atoms with Gasteiger partial charge < -0.3 is 25.3 Å². The molecule has 218 valence electrons. The molecule has 3 aromatic carbocycles. The minimum atomic E-state index is -0.870. The highest BCUT2D eigenvalue weighted by molar-refractivity contribution is 6.09. The van der Waals surface area contributed by atoms with Crippen molar-refractivity contribution in [2.24, 2.45) is 0 Å². The number of carbonyl (C=O) groups excluding carboxylic acids is 2. The summed E-state index contributed by atoms with van der Waals surface area (Å²) in [6.45, 7) is 6.21. The van der Waals surface area contributed by atoms with E-state index < -0.39 is 55.9 Å². The Bertz CT molecular complexity index is 1600. The van der Waals surface area contributed by atoms with Gasteiger partial charge in [-0.05, 0) is 44.5 Å². The number of likely N-dealkylation sites (N-methyl/N-ethyl adjacent to an activating group) is 1. The van der Waals surface area contributed by atoms with E-state index in [-0.39, 0.29) is 16.7 Å². The molecule has 0 radical (unpaired) electrons. The Morgan fingerprint density at radius 3 is 1.83 bits per heavy atom. The van der Waals surface area contributed by atoms with Crippen molar-refractivity contribution in [1.29, 1.82) is 5.26 Å². The maximum Gasteiger partial charge on any atom is 0.315 e. The van der Waals surface area contributed by atoms with Crippen LogP contribution < -0.4 is 0 Å². The Morgan fingerprint density at radius 2 is 1.36 bits per heavy atom. The van der Waals surface area contributed by atoms with Gasteiger partial charge in [0.2, 0.25) is 11.5 Å². The van der Waals surface area contributed by atoms with Gasteiger partial charge in [-0.1, -0.05) is 29.8 Å². The molecule has 0 heterocycles. The quantitative estimate of drug-likeness (QED) is 0.0734. The lowest BCUT2D eigenvalue weighted by molar-refractivity contribution is -0.386. The molecule has 14 heteroatoms. The van der Waals surface area contributed by atoms with Crippen molar-refractivity contribution >= 4 is 29.1 Å². The van der Waals surface area contributed by atoms with E-state index in [0.29, 0.717) is 18.7 Å². The first-order chi connectivity index (χ1) is 19.7. The third-order valence-electron chi connectivity index (χ3n) is 5.84. The van der Waals surface area contributed by atoms with Crippen LogP contribution >= 0.6 is 0 Å². The van der Waals surface area contributed by atoms with Gasteiger partial charge in [0, 0.05) is 36.3 Å². The third kappa shape index (κ3) is 7.57. The number of benzene rings is 3. The highest BCUT2D eigenvalue weighted by atomic mass is 16.6. The summed E-state index contributed by atoms with van der Waals surface area (Å²) < 4.78 is 0. The molecular weight excluding hydrogens is 552 g/mol. The fourth-order valence-corrected chi connectivity index (χ4v) is 3.58. The second-order valence-corrected chi connectivity index (χ2v) is 8.63. The molecule has 3 aromatic rings. The summed E-state index contributed by atoms with van der Waals surface area (Å²) in [5.41, 5.74) is -0.312. The Kier molecular flexibility index (Phi) is 10.7. The molecule has 3 rings (SSSR count). The summed E-state index contributed by atoms with van der Waals surface area (Å²) in [4.78, 5) is 45.5. The number of nitriles is 1. The second kappa shape index (κ2) is 13.9. The van der Waals surface area contributed by atoms with Gasteiger partial charge in [0.1, 0.15) is 11.6 Å². The van der Waals surface area contributed by atoms with Crippen LogP contribution in [0.4, 0.5) is 11.4 Å².